The van der Waals surface area contributed by atoms with Gasteiger partial charge < -0.3 is 28.5 Å². The number of ketones is 1. The van der Waals surface area contributed by atoms with Crippen LogP contribution in [-0.2, 0) is 4.79 Å². The van der Waals surface area contributed by atoms with Crippen molar-refractivity contribution < 1.29 is 33.3 Å². The fourth-order valence-electron chi connectivity index (χ4n) is 4.67. The molecule has 5 heteroatoms. The van der Waals surface area contributed by atoms with E-state index in [0.29, 0.717) is 5.78 Å². The van der Waals surface area contributed by atoms with Crippen LogP contribution in [0.25, 0.3) is 0 Å². The summed E-state index contributed by atoms with van der Waals surface area (Å²) in [5.41, 5.74) is 0.0734. The van der Waals surface area contributed by atoms with Crippen molar-refractivity contribution in [1.82, 2.24) is 4.90 Å². The highest BCUT2D eigenvalue weighted by Crippen LogP contribution is 2.48. The summed E-state index contributed by atoms with van der Waals surface area (Å²) in [6.45, 7) is 6.10. The van der Waals surface area contributed by atoms with Gasteiger partial charge >= 0.3 is 0 Å². The summed E-state index contributed by atoms with van der Waals surface area (Å²) in [5, 5.41) is 0. The number of piperazine rings is 1. The Morgan fingerprint density at radius 3 is 2.65 bits per heavy atom. The number of Topliss-reactive ketones (excluding diaryl/α,β-unsaturated/α-hetero) is 1. The summed E-state index contributed by atoms with van der Waals surface area (Å²) in [4.78, 5) is 15.0. The van der Waals surface area contributed by atoms with E-state index in [1.165, 1.54) is 54.4 Å². The Morgan fingerprint density at radius 2 is 2.05 bits per heavy atom. The number of halogens is 2. The Morgan fingerprint density at radius 1 is 1.35 bits per heavy atom. The molecular formula is C15H26I2N2O. The summed E-state index contributed by atoms with van der Waals surface area (Å²) >= 11 is 2.55. The lowest BCUT2D eigenvalue weighted by Crippen LogP contribution is -3.00. The Kier molecular flexibility index (Phi) is 5.80. The third-order valence-electron chi connectivity index (χ3n) is 5.95. The first-order chi connectivity index (χ1) is 9.10. The zero-order chi connectivity index (χ0) is 13.5. The molecule has 116 valence electrons. The molecule has 3 nitrogen and oxygen atoms in total. The molecule has 0 radical (unpaired) electrons. The quantitative estimate of drug-likeness (QED) is 0.262. The average Bonchev–Trinajstić information content (AvgIpc) is 2.72. The molecule has 0 N–H and O–H groups in total. The molecule has 3 fully saturated rings. The third kappa shape index (κ3) is 2.93. The van der Waals surface area contributed by atoms with Gasteiger partial charge in [0.05, 0.1) is 35.5 Å². The first-order valence-electron chi connectivity index (χ1n) is 7.74. The van der Waals surface area contributed by atoms with Crippen molar-refractivity contribution in [2.75, 3.05) is 44.2 Å². The molecule has 1 saturated carbocycles. The maximum absolute atomic E-state index is 12.5. The second kappa shape index (κ2) is 6.66. The van der Waals surface area contributed by atoms with Crippen molar-refractivity contribution >= 4 is 28.4 Å². The minimum atomic E-state index is 0. The molecule has 0 amide bonds. The fraction of sp³-hybridized carbons (Fsp3) is 0.933. The van der Waals surface area contributed by atoms with Gasteiger partial charge in [-0.1, -0.05) is 29.0 Å². The maximum atomic E-state index is 12.5. The summed E-state index contributed by atoms with van der Waals surface area (Å²) in [5.74, 6) is 0.600. The van der Waals surface area contributed by atoms with Gasteiger partial charge in [-0.3, -0.25) is 9.69 Å². The lowest BCUT2D eigenvalue weighted by atomic mass is 9.72. The van der Waals surface area contributed by atoms with E-state index >= 15 is 0 Å². The van der Waals surface area contributed by atoms with Crippen molar-refractivity contribution in [2.24, 2.45) is 5.41 Å². The highest BCUT2D eigenvalue weighted by molar-refractivity contribution is 14.1. The molecule has 2 aliphatic heterocycles. The molecule has 3 rings (SSSR count). The number of nitrogens with zero attached hydrogens (tertiary/aromatic N) is 2. The van der Waals surface area contributed by atoms with Crippen LogP contribution in [0.2, 0.25) is 0 Å². The van der Waals surface area contributed by atoms with E-state index in [9.17, 15) is 4.79 Å². The first kappa shape index (κ1) is 17.4. The van der Waals surface area contributed by atoms with Crippen molar-refractivity contribution in [3.8, 4) is 0 Å². The van der Waals surface area contributed by atoms with Crippen LogP contribution >= 0.6 is 22.6 Å². The van der Waals surface area contributed by atoms with Crippen LogP contribution in [0.1, 0.15) is 32.1 Å². The molecule has 0 bridgehead atoms. The highest BCUT2D eigenvalue weighted by atomic mass is 127. The molecule has 3 aliphatic rings. The van der Waals surface area contributed by atoms with Gasteiger partial charge in [-0.2, -0.15) is 0 Å². The molecular weight excluding hydrogens is 478 g/mol. The summed E-state index contributed by atoms with van der Waals surface area (Å²) in [6.07, 6.45) is 5.62. The summed E-state index contributed by atoms with van der Waals surface area (Å²) in [7, 11) is 2.23. The zero-order valence-corrected chi connectivity index (χ0v) is 16.7. The zero-order valence-electron chi connectivity index (χ0n) is 12.4. The number of carbonyl (C=O) groups excluding carboxylic acids is 1. The monoisotopic (exact) mass is 504 g/mol. The predicted octanol–water partition coefficient (Wildman–Crippen LogP) is -0.911. The minimum absolute atomic E-state index is 0. The van der Waals surface area contributed by atoms with Crippen LogP contribution in [-0.4, -0.2) is 65.4 Å². The lowest BCUT2D eigenvalue weighted by Gasteiger charge is -2.45. The van der Waals surface area contributed by atoms with E-state index in [1.807, 2.05) is 0 Å². The third-order valence-corrected chi connectivity index (χ3v) is 6.97. The smallest absolute Gasteiger partial charge is 0.144 e. The van der Waals surface area contributed by atoms with E-state index in [1.54, 1.807) is 0 Å². The number of carbonyl (C=O) groups is 1. The number of hydrogen-bond donors (Lipinski definition) is 0. The van der Waals surface area contributed by atoms with Crippen LogP contribution < -0.4 is 24.0 Å². The highest BCUT2D eigenvalue weighted by Gasteiger charge is 2.58. The molecule has 20 heavy (non-hydrogen) atoms. The largest absolute Gasteiger partial charge is 1.00 e. The molecule has 2 saturated heterocycles. The van der Waals surface area contributed by atoms with Gasteiger partial charge in [0.15, 0.2) is 0 Å². The predicted molar refractivity (Wildman–Crippen MR) is 85.6 cm³/mol. The van der Waals surface area contributed by atoms with E-state index in [0.717, 1.165) is 25.4 Å². The van der Waals surface area contributed by atoms with Crippen LogP contribution in [0.3, 0.4) is 0 Å². The minimum Gasteiger partial charge on any atom is -1.00 e. The number of quaternary nitrogens is 1. The molecule has 2 spiro atoms. The fourth-order valence-corrected chi connectivity index (χ4v) is 5.81. The standard InChI is InChI=1S/C15H26IN2O.HI/c1-17-6-8-18(9-7-17)12-15(10-13(18)11-16)5-3-2-4-14(15)19;/h13H,2-12H2,1H3;1H/q+1;/p-1. The molecule has 2 atom stereocenters. The van der Waals surface area contributed by atoms with Crippen LogP contribution in [0.15, 0.2) is 0 Å². The number of hydrogen-bond acceptors (Lipinski definition) is 2. The van der Waals surface area contributed by atoms with E-state index < -0.39 is 0 Å². The van der Waals surface area contributed by atoms with Crippen molar-refractivity contribution in [1.29, 1.82) is 0 Å². The van der Waals surface area contributed by atoms with Gasteiger partial charge in [-0.15, -0.1) is 0 Å². The Hall–Kier alpha value is 1.05. The second-order valence-corrected chi connectivity index (χ2v) is 7.93. The molecule has 0 aromatic heterocycles. The SMILES string of the molecule is CN1CC[N+]2(CC1)CC1(CCCCC1=O)CC2CI.[I-]. The van der Waals surface area contributed by atoms with E-state index in [4.69, 9.17) is 0 Å². The van der Waals surface area contributed by atoms with Gasteiger partial charge in [0.1, 0.15) is 5.78 Å². The van der Waals surface area contributed by atoms with Gasteiger partial charge in [0.2, 0.25) is 0 Å². The van der Waals surface area contributed by atoms with Gasteiger partial charge in [-0.25, -0.2) is 0 Å². The molecule has 2 heterocycles. The summed E-state index contributed by atoms with van der Waals surface area (Å²) < 4.78 is 2.47. The average molecular weight is 504 g/mol. The number of rotatable bonds is 1. The summed E-state index contributed by atoms with van der Waals surface area (Å²) in [6, 6.07) is 0.733. The maximum Gasteiger partial charge on any atom is 0.144 e. The molecule has 2 unspecified atom stereocenters. The molecule has 0 aromatic rings. The molecule has 1 aliphatic carbocycles. The molecule has 0 aromatic carbocycles. The van der Waals surface area contributed by atoms with Crippen molar-refractivity contribution in [3.05, 3.63) is 0 Å². The Balaban J connectivity index is 0.00000147. The Bertz CT molecular complexity index is 369. The van der Waals surface area contributed by atoms with Gasteiger partial charge in [0.25, 0.3) is 0 Å². The van der Waals surface area contributed by atoms with E-state index in [-0.39, 0.29) is 29.4 Å². The van der Waals surface area contributed by atoms with E-state index in [2.05, 4.69) is 34.5 Å². The van der Waals surface area contributed by atoms with Gasteiger partial charge in [-0.05, 0) is 19.9 Å². The normalized spacial score (nSPS) is 37.3. The van der Waals surface area contributed by atoms with Crippen LogP contribution in [0, 0.1) is 5.41 Å². The number of likely N-dealkylation sites (N-methyl/N-ethyl adjacent to an activating group) is 1. The van der Waals surface area contributed by atoms with Crippen LogP contribution in [0.5, 0.6) is 0 Å². The van der Waals surface area contributed by atoms with Crippen molar-refractivity contribution in [2.45, 2.75) is 38.1 Å². The Labute approximate surface area is 153 Å². The second-order valence-electron chi connectivity index (χ2n) is 7.05. The topological polar surface area (TPSA) is 20.3 Å². The number of alkyl halides is 1. The van der Waals surface area contributed by atoms with Crippen LogP contribution in [0.4, 0.5) is 0 Å². The van der Waals surface area contributed by atoms with Gasteiger partial charge in [0, 0.05) is 25.9 Å². The first-order valence-corrected chi connectivity index (χ1v) is 9.26. The lowest BCUT2D eigenvalue weighted by molar-refractivity contribution is -0.942. The van der Waals surface area contributed by atoms with Crippen molar-refractivity contribution in [3.63, 3.8) is 0 Å².